The minimum atomic E-state index is -0.0590. The summed E-state index contributed by atoms with van der Waals surface area (Å²) >= 11 is 5.86. The lowest BCUT2D eigenvalue weighted by Crippen LogP contribution is -2.92. The number of benzene rings is 1. The summed E-state index contributed by atoms with van der Waals surface area (Å²) in [5.41, 5.74) is 1.19. The van der Waals surface area contributed by atoms with Crippen molar-refractivity contribution in [2.24, 2.45) is 0 Å². The van der Waals surface area contributed by atoms with Crippen molar-refractivity contribution in [2.75, 3.05) is 0 Å². The Morgan fingerprint density at radius 3 is 2.50 bits per heavy atom. The van der Waals surface area contributed by atoms with Gasteiger partial charge in [-0.2, -0.15) is 0 Å². The first-order chi connectivity index (χ1) is 8.56. The van der Waals surface area contributed by atoms with E-state index in [1.54, 1.807) is 0 Å². The van der Waals surface area contributed by atoms with E-state index in [0.29, 0.717) is 6.04 Å². The maximum Gasteiger partial charge on any atom is 0.278 e. The van der Waals surface area contributed by atoms with E-state index >= 15 is 0 Å². The van der Waals surface area contributed by atoms with Crippen LogP contribution in [0.1, 0.15) is 38.3 Å². The van der Waals surface area contributed by atoms with Gasteiger partial charge < -0.3 is 10.6 Å². The summed E-state index contributed by atoms with van der Waals surface area (Å²) in [5, 5.41) is 5.85. The molecule has 3 nitrogen and oxygen atoms in total. The number of carbonyl (C=O) groups is 1. The summed E-state index contributed by atoms with van der Waals surface area (Å²) in [6, 6.07) is 8.41. The zero-order valence-corrected chi connectivity index (χ0v) is 11.6. The maximum atomic E-state index is 11.9. The zero-order valence-electron chi connectivity index (χ0n) is 10.8. The van der Waals surface area contributed by atoms with Gasteiger partial charge in [-0.05, 0) is 38.8 Å². The number of nitrogens with two attached hydrogens (primary N) is 1. The molecule has 2 atom stereocenters. The van der Waals surface area contributed by atoms with Crippen molar-refractivity contribution in [1.82, 2.24) is 5.32 Å². The molecule has 0 spiro atoms. The highest BCUT2D eigenvalue weighted by molar-refractivity contribution is 6.30. The van der Waals surface area contributed by atoms with Crippen LogP contribution >= 0.6 is 11.6 Å². The Kier molecular flexibility index (Phi) is 4.25. The molecule has 2 rings (SSSR count). The first kappa shape index (κ1) is 13.4. The molecule has 0 heterocycles. The molecular formula is C14H20ClN2O+. The van der Waals surface area contributed by atoms with Crippen molar-refractivity contribution in [3.8, 4) is 0 Å². The number of hydrogen-bond donors (Lipinski definition) is 2. The number of quaternary nitrogens is 1. The maximum absolute atomic E-state index is 11.9. The summed E-state index contributed by atoms with van der Waals surface area (Å²) in [6.07, 6.45) is 2.26. The minimum absolute atomic E-state index is 0.0590. The second-order valence-electron chi connectivity index (χ2n) is 5.10. The predicted molar refractivity (Wildman–Crippen MR) is 72.4 cm³/mol. The van der Waals surface area contributed by atoms with Crippen LogP contribution in [0.2, 0.25) is 5.02 Å². The standard InChI is InChI=1S/C14H19ClN2O/c1-9(11-3-5-12(15)6-4-11)16-10(2)14(18)17-13-7-8-13/h3-6,9-10,13,16H,7-8H2,1-2H3,(H,17,18)/p+1/t9-,10-/m1/s1. The van der Waals surface area contributed by atoms with E-state index in [9.17, 15) is 4.79 Å². The predicted octanol–water partition coefficient (Wildman–Crippen LogP) is 1.63. The number of amides is 1. The Morgan fingerprint density at radius 1 is 1.33 bits per heavy atom. The molecule has 0 aliphatic heterocycles. The Labute approximate surface area is 113 Å². The average Bonchev–Trinajstić information content (AvgIpc) is 3.13. The van der Waals surface area contributed by atoms with Crippen molar-refractivity contribution in [2.45, 2.75) is 44.8 Å². The van der Waals surface area contributed by atoms with Crippen molar-refractivity contribution in [1.29, 1.82) is 0 Å². The molecule has 1 aliphatic rings. The lowest BCUT2D eigenvalue weighted by atomic mass is 10.1. The molecule has 0 bridgehead atoms. The highest BCUT2D eigenvalue weighted by Crippen LogP contribution is 2.18. The van der Waals surface area contributed by atoms with Gasteiger partial charge in [-0.3, -0.25) is 4.79 Å². The second-order valence-corrected chi connectivity index (χ2v) is 5.54. The fourth-order valence-electron chi connectivity index (χ4n) is 1.96. The molecule has 18 heavy (non-hydrogen) atoms. The number of hydrogen-bond acceptors (Lipinski definition) is 1. The number of carbonyl (C=O) groups excluding carboxylic acids is 1. The summed E-state index contributed by atoms with van der Waals surface area (Å²) in [4.78, 5) is 11.9. The highest BCUT2D eigenvalue weighted by atomic mass is 35.5. The third-order valence-corrected chi connectivity index (χ3v) is 3.56. The van der Waals surface area contributed by atoms with Gasteiger partial charge in [0.25, 0.3) is 5.91 Å². The van der Waals surface area contributed by atoms with E-state index in [4.69, 9.17) is 11.6 Å². The van der Waals surface area contributed by atoms with Crippen LogP contribution in [0.5, 0.6) is 0 Å². The van der Waals surface area contributed by atoms with Crippen LogP contribution in [0.3, 0.4) is 0 Å². The molecule has 1 saturated carbocycles. The van der Waals surface area contributed by atoms with Gasteiger partial charge in [-0.15, -0.1) is 0 Å². The molecule has 1 aliphatic carbocycles. The fourth-order valence-corrected chi connectivity index (χ4v) is 2.08. The Bertz CT molecular complexity index is 414. The van der Waals surface area contributed by atoms with Crippen LogP contribution in [-0.2, 0) is 4.79 Å². The summed E-state index contributed by atoms with van der Waals surface area (Å²) < 4.78 is 0. The highest BCUT2D eigenvalue weighted by Gasteiger charge is 2.27. The van der Waals surface area contributed by atoms with Crippen molar-refractivity contribution in [3.05, 3.63) is 34.9 Å². The van der Waals surface area contributed by atoms with E-state index in [-0.39, 0.29) is 18.0 Å². The Morgan fingerprint density at radius 2 is 1.94 bits per heavy atom. The third-order valence-electron chi connectivity index (χ3n) is 3.31. The summed E-state index contributed by atoms with van der Waals surface area (Å²) in [7, 11) is 0. The van der Waals surface area contributed by atoms with Crippen molar-refractivity contribution < 1.29 is 10.1 Å². The SMILES string of the molecule is C[C@@H]([NH2+][C@H](C)c1ccc(Cl)cc1)C(=O)NC1CC1. The van der Waals surface area contributed by atoms with Crippen LogP contribution in [0.15, 0.2) is 24.3 Å². The molecule has 0 aromatic heterocycles. The van der Waals surface area contributed by atoms with Crippen LogP contribution in [0.25, 0.3) is 0 Å². The van der Waals surface area contributed by atoms with Gasteiger partial charge in [0.2, 0.25) is 0 Å². The van der Waals surface area contributed by atoms with Gasteiger partial charge in [0, 0.05) is 16.6 Å². The van der Waals surface area contributed by atoms with Crippen LogP contribution < -0.4 is 10.6 Å². The van der Waals surface area contributed by atoms with Gasteiger partial charge in [-0.25, -0.2) is 0 Å². The minimum Gasteiger partial charge on any atom is -0.348 e. The number of rotatable bonds is 5. The van der Waals surface area contributed by atoms with Crippen molar-refractivity contribution in [3.63, 3.8) is 0 Å². The van der Waals surface area contributed by atoms with Gasteiger partial charge in [0.05, 0.1) is 0 Å². The lowest BCUT2D eigenvalue weighted by molar-refractivity contribution is -0.710. The van der Waals surface area contributed by atoms with Gasteiger partial charge in [-0.1, -0.05) is 23.7 Å². The molecule has 1 amide bonds. The third kappa shape index (κ3) is 3.72. The van der Waals surface area contributed by atoms with E-state index < -0.39 is 0 Å². The van der Waals surface area contributed by atoms with Crippen LogP contribution in [-0.4, -0.2) is 18.0 Å². The summed E-state index contributed by atoms with van der Waals surface area (Å²) in [5.74, 6) is 0.137. The largest absolute Gasteiger partial charge is 0.348 e. The normalized spacial score (nSPS) is 18.2. The quantitative estimate of drug-likeness (QED) is 0.837. The smallest absolute Gasteiger partial charge is 0.278 e. The monoisotopic (exact) mass is 267 g/mol. The molecule has 98 valence electrons. The fraction of sp³-hybridized carbons (Fsp3) is 0.500. The molecule has 1 aromatic rings. The van der Waals surface area contributed by atoms with E-state index in [1.807, 2.05) is 31.2 Å². The lowest BCUT2D eigenvalue weighted by Gasteiger charge is -2.16. The molecule has 1 fully saturated rings. The molecule has 1 aromatic carbocycles. The number of halogens is 1. The second kappa shape index (κ2) is 5.72. The number of nitrogens with one attached hydrogen (secondary N) is 1. The van der Waals surface area contributed by atoms with E-state index in [2.05, 4.69) is 17.6 Å². The molecule has 0 unspecified atom stereocenters. The molecule has 4 heteroatoms. The molecule has 3 N–H and O–H groups in total. The van der Waals surface area contributed by atoms with Crippen LogP contribution in [0.4, 0.5) is 0 Å². The van der Waals surface area contributed by atoms with E-state index in [1.165, 1.54) is 5.56 Å². The molecular weight excluding hydrogens is 248 g/mol. The Hall–Kier alpha value is -1.06. The van der Waals surface area contributed by atoms with Gasteiger partial charge in [0.15, 0.2) is 6.04 Å². The van der Waals surface area contributed by atoms with Gasteiger partial charge in [0.1, 0.15) is 6.04 Å². The average molecular weight is 268 g/mol. The zero-order chi connectivity index (χ0) is 13.1. The van der Waals surface area contributed by atoms with Gasteiger partial charge >= 0.3 is 0 Å². The topological polar surface area (TPSA) is 45.7 Å². The first-order valence-corrected chi connectivity index (χ1v) is 6.85. The molecule has 0 saturated heterocycles. The van der Waals surface area contributed by atoms with Crippen LogP contribution in [0, 0.1) is 0 Å². The first-order valence-electron chi connectivity index (χ1n) is 6.47. The molecule has 0 radical (unpaired) electrons. The van der Waals surface area contributed by atoms with Crippen molar-refractivity contribution >= 4 is 17.5 Å². The Balaban J connectivity index is 1.87. The van der Waals surface area contributed by atoms with E-state index in [0.717, 1.165) is 17.9 Å². The summed E-state index contributed by atoms with van der Waals surface area (Å²) in [6.45, 7) is 4.05.